The van der Waals surface area contributed by atoms with Gasteiger partial charge in [-0.15, -0.1) is 0 Å². The minimum Gasteiger partial charge on any atom is -0.480 e. The molecular weight excluding hydrogens is 368 g/mol. The number of nitrogens with one attached hydrogen (secondary N) is 1. The first kappa shape index (κ1) is 21.8. The summed E-state index contributed by atoms with van der Waals surface area (Å²) < 4.78 is 76.8. The number of alkyl halides is 6. The first-order valence-electron chi connectivity index (χ1n) is 7.56. The van der Waals surface area contributed by atoms with Crippen molar-refractivity contribution in [1.29, 1.82) is 0 Å². The van der Waals surface area contributed by atoms with Crippen LogP contribution in [-0.2, 0) is 28.4 Å². The third-order valence-electron chi connectivity index (χ3n) is 3.81. The molecule has 0 aliphatic rings. The average molecular weight is 385 g/mol. The number of carbonyl (C=O) groups is 2. The number of hydrogen-bond acceptors (Lipinski definition) is 2. The summed E-state index contributed by atoms with van der Waals surface area (Å²) in [5.74, 6) is -2.79. The van der Waals surface area contributed by atoms with Gasteiger partial charge in [-0.05, 0) is 29.7 Å². The van der Waals surface area contributed by atoms with Crippen molar-refractivity contribution in [3.05, 3.63) is 34.9 Å². The fourth-order valence-corrected chi connectivity index (χ4v) is 2.21. The van der Waals surface area contributed by atoms with Gasteiger partial charge in [0, 0.05) is 0 Å². The summed E-state index contributed by atoms with van der Waals surface area (Å²) in [6.45, 7) is 3.22. The van der Waals surface area contributed by atoms with E-state index in [4.69, 9.17) is 5.11 Å². The molecule has 0 saturated heterocycles. The van der Waals surface area contributed by atoms with Crippen LogP contribution in [0.3, 0.4) is 0 Å². The highest BCUT2D eigenvalue weighted by Gasteiger charge is 2.37. The monoisotopic (exact) mass is 385 g/mol. The summed E-state index contributed by atoms with van der Waals surface area (Å²) in [4.78, 5) is 23.1. The average Bonchev–Trinajstić information content (AvgIpc) is 2.49. The molecule has 0 bridgehead atoms. The highest BCUT2D eigenvalue weighted by molar-refractivity contribution is 5.85. The third-order valence-corrected chi connectivity index (χ3v) is 3.81. The Hall–Kier alpha value is -2.26. The molecule has 26 heavy (non-hydrogen) atoms. The minimum absolute atomic E-state index is 0.0411. The Bertz CT molecular complexity index is 637. The number of halogens is 6. The fourth-order valence-electron chi connectivity index (χ4n) is 2.21. The largest absolute Gasteiger partial charge is 0.480 e. The van der Waals surface area contributed by atoms with E-state index in [1.54, 1.807) is 13.8 Å². The highest BCUT2D eigenvalue weighted by atomic mass is 19.4. The molecule has 0 spiro atoms. The van der Waals surface area contributed by atoms with Crippen LogP contribution in [0.2, 0.25) is 0 Å². The number of rotatable bonds is 6. The summed E-state index contributed by atoms with van der Waals surface area (Å²) in [5, 5.41) is 11.2. The SMILES string of the molecule is CC[C@@H](C)[C@@H](NC(=O)Cc1cc(C(F)(F)F)cc(C(F)(F)F)c1)C(=O)O. The number of carboxylic acid groups (broad SMARTS) is 1. The number of aliphatic carboxylic acids is 1. The Morgan fingerprint density at radius 2 is 1.50 bits per heavy atom. The Morgan fingerprint density at radius 3 is 1.85 bits per heavy atom. The van der Waals surface area contributed by atoms with Gasteiger partial charge in [0.15, 0.2) is 0 Å². The highest BCUT2D eigenvalue weighted by Crippen LogP contribution is 2.36. The zero-order chi connectivity index (χ0) is 20.3. The molecule has 1 aromatic rings. The number of amides is 1. The van der Waals surface area contributed by atoms with Gasteiger partial charge in [0.05, 0.1) is 17.5 Å². The van der Waals surface area contributed by atoms with Crippen molar-refractivity contribution in [2.75, 3.05) is 0 Å². The maximum absolute atomic E-state index is 12.8. The van der Waals surface area contributed by atoms with E-state index >= 15 is 0 Å². The van der Waals surface area contributed by atoms with Crippen molar-refractivity contribution in [3.8, 4) is 0 Å². The van der Waals surface area contributed by atoms with E-state index in [1.165, 1.54) is 0 Å². The number of benzene rings is 1. The lowest BCUT2D eigenvalue weighted by Crippen LogP contribution is -2.45. The van der Waals surface area contributed by atoms with Crippen LogP contribution in [0.1, 0.15) is 37.0 Å². The lowest BCUT2D eigenvalue weighted by Gasteiger charge is -2.20. The molecule has 0 saturated carbocycles. The smallest absolute Gasteiger partial charge is 0.416 e. The van der Waals surface area contributed by atoms with Crippen LogP contribution in [0.15, 0.2) is 18.2 Å². The minimum atomic E-state index is -5.02. The van der Waals surface area contributed by atoms with Crippen molar-refractivity contribution in [2.24, 2.45) is 5.92 Å². The standard InChI is InChI=1S/C16H17F6NO3/c1-3-8(2)13(14(25)26)23-12(24)6-9-4-10(15(17,18)19)7-11(5-9)16(20,21)22/h4-5,7-8,13H,3,6H2,1-2H3,(H,23,24)(H,25,26)/t8-,13-/m1/s1. The van der Waals surface area contributed by atoms with Crippen LogP contribution in [-0.4, -0.2) is 23.0 Å². The fraction of sp³-hybridized carbons (Fsp3) is 0.500. The molecule has 0 fully saturated rings. The van der Waals surface area contributed by atoms with Gasteiger partial charge in [-0.2, -0.15) is 26.3 Å². The van der Waals surface area contributed by atoms with E-state index in [0.717, 1.165) is 0 Å². The maximum Gasteiger partial charge on any atom is 0.416 e. The number of hydrogen-bond donors (Lipinski definition) is 2. The van der Waals surface area contributed by atoms with Crippen molar-refractivity contribution < 1.29 is 41.0 Å². The Balaban J connectivity index is 3.11. The third kappa shape index (κ3) is 5.92. The first-order chi connectivity index (χ1) is 11.8. The molecule has 1 amide bonds. The molecule has 4 nitrogen and oxygen atoms in total. The van der Waals surface area contributed by atoms with Crippen LogP contribution in [0, 0.1) is 5.92 Å². The second-order valence-corrected chi connectivity index (χ2v) is 5.86. The normalized spacial score (nSPS) is 14.6. The van der Waals surface area contributed by atoms with Gasteiger partial charge in [0.25, 0.3) is 0 Å². The molecular formula is C16H17F6NO3. The molecule has 1 aromatic carbocycles. The molecule has 0 aliphatic heterocycles. The lowest BCUT2D eigenvalue weighted by molar-refractivity contribution is -0.143. The van der Waals surface area contributed by atoms with Crippen LogP contribution in [0.4, 0.5) is 26.3 Å². The Morgan fingerprint density at radius 1 is 1.04 bits per heavy atom. The van der Waals surface area contributed by atoms with Crippen LogP contribution in [0.25, 0.3) is 0 Å². The molecule has 0 radical (unpaired) electrons. The van der Waals surface area contributed by atoms with E-state index in [9.17, 15) is 35.9 Å². The summed E-state index contributed by atoms with van der Waals surface area (Å²) in [6, 6.07) is -0.456. The van der Waals surface area contributed by atoms with Crippen molar-refractivity contribution >= 4 is 11.9 Å². The topological polar surface area (TPSA) is 66.4 Å². The van der Waals surface area contributed by atoms with E-state index in [2.05, 4.69) is 5.32 Å². The predicted octanol–water partition coefficient (Wildman–Crippen LogP) is 3.88. The van der Waals surface area contributed by atoms with Crippen molar-refractivity contribution in [3.63, 3.8) is 0 Å². The molecule has 0 aliphatic carbocycles. The van der Waals surface area contributed by atoms with E-state index in [0.29, 0.717) is 18.6 Å². The van der Waals surface area contributed by atoms with Gasteiger partial charge >= 0.3 is 18.3 Å². The second kappa shape index (κ2) is 7.96. The zero-order valence-corrected chi connectivity index (χ0v) is 13.8. The van der Waals surface area contributed by atoms with Crippen LogP contribution >= 0.6 is 0 Å². The molecule has 0 aromatic heterocycles. The molecule has 2 atom stereocenters. The van der Waals surface area contributed by atoms with E-state index in [1.807, 2.05) is 0 Å². The van der Waals surface area contributed by atoms with Gasteiger partial charge in [0.1, 0.15) is 6.04 Å². The quantitative estimate of drug-likeness (QED) is 0.731. The predicted molar refractivity (Wildman–Crippen MR) is 79.2 cm³/mol. The van der Waals surface area contributed by atoms with Gasteiger partial charge < -0.3 is 10.4 Å². The van der Waals surface area contributed by atoms with Gasteiger partial charge in [-0.3, -0.25) is 4.79 Å². The number of carbonyl (C=O) groups excluding carboxylic acids is 1. The van der Waals surface area contributed by atoms with Crippen LogP contribution < -0.4 is 5.32 Å². The molecule has 1 rings (SSSR count). The van der Waals surface area contributed by atoms with Crippen LogP contribution in [0.5, 0.6) is 0 Å². The Kier molecular flexibility index (Phi) is 6.67. The van der Waals surface area contributed by atoms with Crippen molar-refractivity contribution in [1.82, 2.24) is 5.32 Å². The molecule has 0 heterocycles. The summed E-state index contributed by atoms with van der Waals surface area (Å²) in [7, 11) is 0. The van der Waals surface area contributed by atoms with E-state index < -0.39 is 59.3 Å². The maximum atomic E-state index is 12.8. The second-order valence-electron chi connectivity index (χ2n) is 5.86. The Labute approximate surface area is 145 Å². The van der Waals surface area contributed by atoms with Gasteiger partial charge in [-0.1, -0.05) is 20.3 Å². The van der Waals surface area contributed by atoms with Crippen molar-refractivity contribution in [2.45, 2.75) is 45.1 Å². The summed E-state index contributed by atoms with van der Waals surface area (Å²) >= 11 is 0. The lowest BCUT2D eigenvalue weighted by atomic mass is 9.98. The summed E-state index contributed by atoms with van der Waals surface area (Å²) in [5.41, 5.74) is -3.59. The summed E-state index contributed by atoms with van der Waals surface area (Å²) in [6.07, 6.45) is -10.5. The zero-order valence-electron chi connectivity index (χ0n) is 13.8. The van der Waals surface area contributed by atoms with Gasteiger partial charge in [-0.25, -0.2) is 4.79 Å². The number of carboxylic acids is 1. The van der Waals surface area contributed by atoms with E-state index in [-0.39, 0.29) is 6.07 Å². The first-order valence-corrected chi connectivity index (χ1v) is 7.56. The molecule has 0 unspecified atom stereocenters. The van der Waals surface area contributed by atoms with Gasteiger partial charge in [0.2, 0.25) is 5.91 Å². The molecule has 146 valence electrons. The molecule has 10 heteroatoms. The molecule has 2 N–H and O–H groups in total.